The van der Waals surface area contributed by atoms with Gasteiger partial charge in [-0.1, -0.05) is 146 Å². The predicted octanol–water partition coefficient (Wildman–Crippen LogP) is 13.5. The molecule has 7 nitrogen and oxygen atoms in total. The van der Waals surface area contributed by atoms with E-state index in [-0.39, 0.29) is 0 Å². The van der Waals surface area contributed by atoms with Crippen LogP contribution in [-0.4, -0.2) is 34.5 Å². The second kappa shape index (κ2) is 15.1. The van der Waals surface area contributed by atoms with Crippen molar-refractivity contribution in [3.8, 4) is 73.6 Å². The molecule has 0 bridgehead atoms. The zero-order valence-electron chi connectivity index (χ0n) is 33.8. The zero-order valence-corrected chi connectivity index (χ0v) is 33.8. The van der Waals surface area contributed by atoms with Crippen LogP contribution in [0.1, 0.15) is 0 Å². The predicted molar refractivity (Wildman–Crippen MR) is 255 cm³/mol. The van der Waals surface area contributed by atoms with Gasteiger partial charge >= 0.3 is 0 Å². The monoisotopic (exact) mass is 805 g/mol. The highest BCUT2D eigenvalue weighted by Crippen LogP contribution is 2.34. The SMILES string of the molecule is c1ccc(-c2nc(-c3ccc(-c4ccc5ccc(-c6ccc7ccc(-c8ccccn8)nc7c6)cc5n4)cc3)nc(-c3cccc(-n4c5ccccc5c5ccccc54)c3)n2)cc1. The van der Waals surface area contributed by atoms with E-state index in [2.05, 4.69) is 161 Å². The Morgan fingerprint density at radius 2 is 0.810 bits per heavy atom. The smallest absolute Gasteiger partial charge is 0.164 e. The van der Waals surface area contributed by atoms with Crippen LogP contribution in [0.4, 0.5) is 0 Å². The van der Waals surface area contributed by atoms with E-state index >= 15 is 0 Å². The lowest BCUT2D eigenvalue weighted by atomic mass is 10.0. The number of fused-ring (bicyclic) bond motifs is 5. The van der Waals surface area contributed by atoms with Crippen molar-refractivity contribution >= 4 is 43.6 Å². The van der Waals surface area contributed by atoms with Crippen LogP contribution < -0.4 is 0 Å². The maximum atomic E-state index is 5.16. The summed E-state index contributed by atoms with van der Waals surface area (Å²) in [6.07, 6.45) is 1.80. The number of benzene rings is 7. The molecule has 0 fully saturated rings. The normalized spacial score (nSPS) is 11.5. The molecule has 7 aromatic carbocycles. The molecule has 0 saturated carbocycles. The van der Waals surface area contributed by atoms with Crippen molar-refractivity contribution in [2.24, 2.45) is 0 Å². The summed E-state index contributed by atoms with van der Waals surface area (Å²) < 4.78 is 2.31. The molecule has 0 aliphatic carbocycles. The van der Waals surface area contributed by atoms with Crippen LogP contribution in [0.3, 0.4) is 0 Å². The summed E-state index contributed by atoms with van der Waals surface area (Å²) in [5, 5.41) is 4.59. The highest BCUT2D eigenvalue weighted by Gasteiger charge is 2.16. The molecule has 7 heteroatoms. The summed E-state index contributed by atoms with van der Waals surface area (Å²) >= 11 is 0. The lowest BCUT2D eigenvalue weighted by Gasteiger charge is -2.12. The van der Waals surface area contributed by atoms with Crippen molar-refractivity contribution in [2.75, 3.05) is 0 Å². The van der Waals surface area contributed by atoms with Gasteiger partial charge in [0.1, 0.15) is 0 Å². The Morgan fingerprint density at radius 3 is 1.46 bits per heavy atom. The van der Waals surface area contributed by atoms with Crippen LogP contribution in [0.15, 0.2) is 212 Å². The van der Waals surface area contributed by atoms with Gasteiger partial charge in [0, 0.05) is 55.7 Å². The lowest BCUT2D eigenvalue weighted by molar-refractivity contribution is 1.07. The summed E-state index contributed by atoms with van der Waals surface area (Å²) in [5.74, 6) is 1.82. The van der Waals surface area contributed by atoms with E-state index < -0.39 is 0 Å². The van der Waals surface area contributed by atoms with Gasteiger partial charge in [-0.25, -0.2) is 24.9 Å². The van der Waals surface area contributed by atoms with E-state index in [1.54, 1.807) is 6.20 Å². The number of pyridine rings is 3. The van der Waals surface area contributed by atoms with Gasteiger partial charge < -0.3 is 4.57 Å². The van der Waals surface area contributed by atoms with Crippen LogP contribution >= 0.6 is 0 Å². The summed E-state index contributed by atoms with van der Waals surface area (Å²) in [5.41, 5.74) is 13.6. The fourth-order valence-corrected chi connectivity index (χ4v) is 8.54. The average Bonchev–Trinajstić information content (AvgIpc) is 3.70. The number of aromatic nitrogens is 7. The molecule has 63 heavy (non-hydrogen) atoms. The van der Waals surface area contributed by atoms with Gasteiger partial charge in [0.2, 0.25) is 0 Å². The van der Waals surface area contributed by atoms with E-state index in [9.17, 15) is 0 Å². The zero-order chi connectivity index (χ0) is 41.7. The minimum absolute atomic E-state index is 0.598. The topological polar surface area (TPSA) is 82.3 Å². The third-order valence-corrected chi connectivity index (χ3v) is 11.7. The van der Waals surface area contributed by atoms with Crippen molar-refractivity contribution in [1.29, 1.82) is 0 Å². The Labute approximate surface area is 362 Å². The molecule has 0 spiro atoms. The Kier molecular flexibility index (Phi) is 8.67. The maximum Gasteiger partial charge on any atom is 0.164 e. The first-order valence-electron chi connectivity index (χ1n) is 20.9. The summed E-state index contributed by atoms with van der Waals surface area (Å²) in [6.45, 7) is 0. The van der Waals surface area contributed by atoms with Crippen molar-refractivity contribution in [3.05, 3.63) is 212 Å². The Morgan fingerprint density at radius 1 is 0.302 bits per heavy atom. The molecule has 0 N–H and O–H groups in total. The highest BCUT2D eigenvalue weighted by atomic mass is 15.0. The van der Waals surface area contributed by atoms with E-state index in [1.165, 1.54) is 10.8 Å². The minimum Gasteiger partial charge on any atom is -0.309 e. The molecule has 0 radical (unpaired) electrons. The van der Waals surface area contributed by atoms with Gasteiger partial charge in [0.15, 0.2) is 17.5 Å². The molecular weight excluding hydrogens is 771 g/mol. The van der Waals surface area contributed by atoms with E-state index in [4.69, 9.17) is 24.9 Å². The van der Waals surface area contributed by atoms with Crippen LogP contribution in [0.2, 0.25) is 0 Å². The lowest BCUT2D eigenvalue weighted by Crippen LogP contribution is -2.01. The van der Waals surface area contributed by atoms with Gasteiger partial charge in [-0.2, -0.15) is 0 Å². The van der Waals surface area contributed by atoms with Crippen molar-refractivity contribution in [2.45, 2.75) is 0 Å². The number of rotatable bonds is 7. The average molecular weight is 806 g/mol. The Bertz CT molecular complexity index is 3620. The van der Waals surface area contributed by atoms with Crippen LogP contribution in [0.25, 0.3) is 117 Å². The van der Waals surface area contributed by atoms with Crippen molar-refractivity contribution in [1.82, 2.24) is 34.5 Å². The molecule has 0 atom stereocenters. The Balaban J connectivity index is 0.887. The fraction of sp³-hybridized carbons (Fsp3) is 0. The molecule has 5 aromatic heterocycles. The Hall–Kier alpha value is -8.68. The molecule has 0 saturated heterocycles. The quantitative estimate of drug-likeness (QED) is 0.160. The maximum absolute atomic E-state index is 5.16. The fourth-order valence-electron chi connectivity index (χ4n) is 8.54. The van der Waals surface area contributed by atoms with Crippen LogP contribution in [-0.2, 0) is 0 Å². The largest absolute Gasteiger partial charge is 0.309 e. The molecule has 12 aromatic rings. The van der Waals surface area contributed by atoms with Crippen molar-refractivity contribution < 1.29 is 0 Å². The molecule has 0 unspecified atom stereocenters. The molecule has 294 valence electrons. The first-order valence-corrected chi connectivity index (χ1v) is 20.9. The van der Waals surface area contributed by atoms with Gasteiger partial charge in [-0.15, -0.1) is 0 Å². The molecule has 12 rings (SSSR count). The van der Waals surface area contributed by atoms with Gasteiger partial charge in [0.05, 0.1) is 39.1 Å². The molecule has 0 aliphatic heterocycles. The number of nitrogens with zero attached hydrogens (tertiary/aromatic N) is 7. The standard InChI is InChI=1S/C56H35N7/c1-2-11-39(12-3-1)54-60-55(62-56(61-54)43-13-10-14-44(33-43)63-52-18-6-4-15-45(52)46-16-5-7-19-53(46)63)40-24-20-36(21-25-40)47-30-28-37-22-26-41(34-50(37)58-47)42-27-23-38-29-31-49(59-51(38)35-42)48-17-8-9-32-57-48/h1-35H. The first-order chi connectivity index (χ1) is 31.2. The molecular formula is C56H35N7. The highest BCUT2D eigenvalue weighted by molar-refractivity contribution is 6.09. The number of hydrogen-bond acceptors (Lipinski definition) is 6. The van der Waals surface area contributed by atoms with E-state index in [0.29, 0.717) is 17.5 Å². The third-order valence-electron chi connectivity index (χ3n) is 11.7. The molecule has 5 heterocycles. The first kappa shape index (κ1) is 36.2. The number of para-hydroxylation sites is 2. The van der Waals surface area contributed by atoms with Crippen LogP contribution in [0, 0.1) is 0 Å². The van der Waals surface area contributed by atoms with Gasteiger partial charge in [0.25, 0.3) is 0 Å². The van der Waals surface area contributed by atoms with Gasteiger partial charge in [-0.3, -0.25) is 4.98 Å². The minimum atomic E-state index is 0.598. The summed E-state index contributed by atoms with van der Waals surface area (Å²) in [7, 11) is 0. The molecule has 0 amide bonds. The van der Waals surface area contributed by atoms with E-state index in [0.717, 1.165) is 89.0 Å². The third kappa shape index (κ3) is 6.65. The second-order valence-electron chi connectivity index (χ2n) is 15.6. The summed E-state index contributed by atoms with van der Waals surface area (Å²) in [6, 6.07) is 71.0. The van der Waals surface area contributed by atoms with E-state index in [1.807, 2.05) is 54.6 Å². The van der Waals surface area contributed by atoms with Crippen molar-refractivity contribution in [3.63, 3.8) is 0 Å². The second-order valence-corrected chi connectivity index (χ2v) is 15.6. The number of hydrogen-bond donors (Lipinski definition) is 0. The summed E-state index contributed by atoms with van der Waals surface area (Å²) in [4.78, 5) is 29.8. The van der Waals surface area contributed by atoms with Gasteiger partial charge in [-0.05, 0) is 71.8 Å². The molecule has 0 aliphatic rings. The van der Waals surface area contributed by atoms with Crippen LogP contribution in [0.5, 0.6) is 0 Å².